The Bertz CT molecular complexity index is 3500. The Morgan fingerprint density at radius 2 is 0.688 bits per heavy atom. The molecule has 3 aromatic carbocycles. The molecule has 4 aliphatic heterocycles. The van der Waals surface area contributed by atoms with Gasteiger partial charge < -0.3 is 64.3 Å². The van der Waals surface area contributed by atoms with Gasteiger partial charge in [0.05, 0.1) is 35.7 Å². The number of pyridine rings is 4. The molecule has 0 atom stereocenters. The van der Waals surface area contributed by atoms with Crippen molar-refractivity contribution in [2.75, 3.05) is 119 Å². The molecule has 0 spiro atoms. The van der Waals surface area contributed by atoms with Crippen LogP contribution in [0.2, 0.25) is 0 Å². The summed E-state index contributed by atoms with van der Waals surface area (Å²) in [5.41, 5.74) is 6.06. The number of rotatable bonds is 6. The normalized spacial score (nSPS) is 14.8. The Kier molecular flexibility index (Phi) is 30.7. The van der Waals surface area contributed by atoms with Crippen molar-refractivity contribution in [3.05, 3.63) is 178 Å². The standard InChI is InChI=1S/C20H24FN3O2.C15H16FN3.C14H20BrN3O2.C9H18N2O2.C6H6BFO2.C5H3Br2N/c1-20(2,3)26-19(25)24-10-8-23(9-11-24)18-12-16(13-22-14-18)15-4-6-17(21)7-5-15;16-14-3-1-12(2-4-14)13-9-15(11-18-10-13)19-7-5-17-6-8-19;1-14(2,3)20-13(19)18-6-4-17(5-7-18)12-8-11(15)9-16-10-12;1-9(2,3)13-8(12)11-6-4-10-5-7-11;8-6-3-1-5(2-4-6)7(9)10;6-4-1-5(7)3-8-2-4/h4-7,12-14H,8-11H2,1-3H3;1-4,9-11,17H,5-8H2;8-10H,4-7H2,1-3H3;10H,4-7H2,1-3H3;1-4,9-10H;1-3H. The van der Waals surface area contributed by atoms with Crippen molar-refractivity contribution < 1.29 is 51.8 Å². The summed E-state index contributed by atoms with van der Waals surface area (Å²) >= 11 is 9.96. The van der Waals surface area contributed by atoms with Crippen LogP contribution in [0.5, 0.6) is 0 Å². The molecule has 11 rings (SSSR count). The lowest BCUT2D eigenvalue weighted by atomic mass is 9.80. The van der Waals surface area contributed by atoms with Crippen LogP contribution in [0.3, 0.4) is 0 Å². The average Bonchev–Trinajstić information content (AvgIpc) is 0.857. The van der Waals surface area contributed by atoms with Crippen molar-refractivity contribution in [1.82, 2.24) is 45.3 Å². The van der Waals surface area contributed by atoms with E-state index in [1.807, 2.05) is 105 Å². The number of anilines is 3. The highest BCUT2D eigenvalue weighted by molar-refractivity contribution is 9.11. The van der Waals surface area contributed by atoms with Crippen LogP contribution in [0.15, 0.2) is 160 Å². The maximum absolute atomic E-state index is 13.1. The molecule has 0 unspecified atom stereocenters. The van der Waals surface area contributed by atoms with Crippen molar-refractivity contribution in [1.29, 1.82) is 0 Å². The molecular weight excluding hydrogens is 1430 g/mol. The summed E-state index contributed by atoms with van der Waals surface area (Å²) in [4.78, 5) is 64.3. The molecule has 96 heavy (non-hydrogen) atoms. The third-order valence-electron chi connectivity index (χ3n) is 14.2. The fourth-order valence-electron chi connectivity index (χ4n) is 9.44. The Balaban J connectivity index is 0.000000189. The van der Waals surface area contributed by atoms with Gasteiger partial charge in [-0.15, -0.1) is 0 Å². The number of benzene rings is 3. The maximum Gasteiger partial charge on any atom is 0.488 e. The molecule has 0 saturated carbocycles. The summed E-state index contributed by atoms with van der Waals surface area (Å²) < 4.78 is 57.2. The monoisotopic (exact) mass is 1520 g/mol. The van der Waals surface area contributed by atoms with E-state index in [0.717, 1.165) is 118 Å². The van der Waals surface area contributed by atoms with Crippen LogP contribution in [0.4, 0.5) is 44.6 Å². The van der Waals surface area contributed by atoms with E-state index in [0.29, 0.717) is 44.7 Å². The van der Waals surface area contributed by atoms with Crippen LogP contribution in [0.1, 0.15) is 62.3 Å². The van der Waals surface area contributed by atoms with Gasteiger partial charge in [-0.05, 0) is 187 Å². The summed E-state index contributed by atoms with van der Waals surface area (Å²) in [6, 6.07) is 26.0. The molecule has 8 heterocycles. The van der Waals surface area contributed by atoms with Crippen molar-refractivity contribution in [3.8, 4) is 22.3 Å². The zero-order chi connectivity index (χ0) is 70.0. The van der Waals surface area contributed by atoms with Gasteiger partial charge in [0.15, 0.2) is 0 Å². The second-order valence-electron chi connectivity index (χ2n) is 25.3. The van der Waals surface area contributed by atoms with E-state index in [1.54, 1.807) is 63.8 Å². The van der Waals surface area contributed by atoms with Crippen molar-refractivity contribution >= 4 is 95.7 Å². The summed E-state index contributed by atoms with van der Waals surface area (Å²) in [5.74, 6) is -0.851. The van der Waals surface area contributed by atoms with E-state index in [-0.39, 0.29) is 41.3 Å². The molecule has 4 aromatic heterocycles. The molecule has 516 valence electrons. The van der Waals surface area contributed by atoms with Gasteiger partial charge in [0.25, 0.3) is 0 Å². The molecule has 0 radical (unpaired) electrons. The molecule has 7 aromatic rings. The molecule has 20 nitrogen and oxygen atoms in total. The molecule has 4 N–H and O–H groups in total. The van der Waals surface area contributed by atoms with E-state index >= 15 is 0 Å². The number of halogens is 6. The largest absolute Gasteiger partial charge is 0.488 e. The number of aromatic nitrogens is 4. The van der Waals surface area contributed by atoms with Gasteiger partial charge in [-0.25, -0.2) is 27.6 Å². The zero-order valence-corrected chi connectivity index (χ0v) is 60.6. The molecule has 3 amide bonds. The number of amides is 3. The Morgan fingerprint density at radius 1 is 0.396 bits per heavy atom. The Hall–Kier alpha value is -7.40. The van der Waals surface area contributed by atoms with Gasteiger partial charge >= 0.3 is 25.4 Å². The topological polar surface area (TPSA) is 214 Å². The van der Waals surface area contributed by atoms with E-state index in [1.165, 1.54) is 48.5 Å². The Morgan fingerprint density at radius 3 is 1.01 bits per heavy atom. The van der Waals surface area contributed by atoms with E-state index < -0.39 is 18.3 Å². The van der Waals surface area contributed by atoms with Crippen LogP contribution in [-0.2, 0) is 14.2 Å². The van der Waals surface area contributed by atoms with Gasteiger partial charge in [-0.1, -0.05) is 36.4 Å². The Labute approximate surface area is 587 Å². The van der Waals surface area contributed by atoms with E-state index in [4.69, 9.17) is 24.3 Å². The molecule has 4 aliphatic rings. The first kappa shape index (κ1) is 77.6. The van der Waals surface area contributed by atoms with Gasteiger partial charge in [-0.2, -0.15) is 0 Å². The highest BCUT2D eigenvalue weighted by atomic mass is 79.9. The zero-order valence-electron chi connectivity index (χ0n) is 55.8. The predicted octanol–water partition coefficient (Wildman–Crippen LogP) is 12.1. The molecular formula is C69H87BBr3F3N12O8. The van der Waals surface area contributed by atoms with Gasteiger partial charge in [-0.3, -0.25) is 19.9 Å². The smallest absolute Gasteiger partial charge is 0.444 e. The lowest BCUT2D eigenvalue weighted by Gasteiger charge is -2.36. The quantitative estimate of drug-likeness (QED) is 0.0900. The van der Waals surface area contributed by atoms with Crippen molar-refractivity contribution in [3.63, 3.8) is 0 Å². The molecule has 0 bridgehead atoms. The third kappa shape index (κ3) is 28.4. The first-order valence-electron chi connectivity index (χ1n) is 31.5. The number of hydrogen-bond acceptors (Lipinski definition) is 17. The molecule has 4 saturated heterocycles. The SMILES string of the molecule is Brc1cncc(Br)c1.CC(C)(C)OC(=O)N1CCN(c2cncc(-c3ccc(F)cc3)c2)CC1.CC(C)(C)OC(=O)N1CCN(c2cncc(Br)c2)CC1.CC(C)(C)OC(=O)N1CCNCC1.Fc1ccc(-c2cncc(N3CCNCC3)c2)cc1.OB(O)c1ccc(F)cc1. The second-order valence-corrected chi connectivity index (χ2v) is 28.1. The van der Waals surface area contributed by atoms with Crippen LogP contribution in [-0.4, -0.2) is 192 Å². The van der Waals surface area contributed by atoms with Crippen LogP contribution >= 0.6 is 47.8 Å². The first-order valence-corrected chi connectivity index (χ1v) is 33.9. The minimum absolute atomic E-state index is 0.200. The molecule has 4 fully saturated rings. The molecule has 0 aliphatic carbocycles. The van der Waals surface area contributed by atoms with Crippen LogP contribution < -0.4 is 30.8 Å². The summed E-state index contributed by atoms with van der Waals surface area (Å²) in [6.07, 6.45) is 13.7. The fraction of sp³-hybridized carbons (Fsp3) is 0.406. The highest BCUT2D eigenvalue weighted by Gasteiger charge is 2.28. The summed E-state index contributed by atoms with van der Waals surface area (Å²) in [7, 11) is -1.51. The maximum atomic E-state index is 13.1. The third-order valence-corrected chi connectivity index (χ3v) is 15.5. The lowest BCUT2D eigenvalue weighted by molar-refractivity contribution is 0.0221. The number of nitrogens with one attached hydrogen (secondary N) is 2. The average molecular weight is 1520 g/mol. The van der Waals surface area contributed by atoms with Gasteiger partial charge in [0.2, 0.25) is 0 Å². The minimum Gasteiger partial charge on any atom is -0.444 e. The summed E-state index contributed by atoms with van der Waals surface area (Å²) in [5, 5.41) is 23.6. The van der Waals surface area contributed by atoms with Crippen molar-refractivity contribution in [2.24, 2.45) is 0 Å². The first-order chi connectivity index (χ1) is 45.5. The van der Waals surface area contributed by atoms with Gasteiger partial charge in [0.1, 0.15) is 34.3 Å². The predicted molar refractivity (Wildman–Crippen MR) is 383 cm³/mol. The number of piperazine rings is 4. The number of ether oxygens (including phenoxy) is 3. The minimum atomic E-state index is -1.51. The van der Waals surface area contributed by atoms with E-state index in [9.17, 15) is 27.6 Å². The van der Waals surface area contributed by atoms with Crippen LogP contribution in [0.25, 0.3) is 22.3 Å². The summed E-state index contributed by atoms with van der Waals surface area (Å²) in [6.45, 7) is 29.7. The highest BCUT2D eigenvalue weighted by Crippen LogP contribution is 2.27. The number of carbonyl (C=O) groups excluding carboxylic acids is 3. The van der Waals surface area contributed by atoms with Crippen LogP contribution in [0, 0.1) is 17.5 Å². The lowest BCUT2D eigenvalue weighted by Crippen LogP contribution is -2.50. The fourth-order valence-corrected chi connectivity index (χ4v) is 10.8. The number of nitrogens with zero attached hydrogens (tertiary/aromatic N) is 10. The van der Waals surface area contributed by atoms with Crippen molar-refractivity contribution in [2.45, 2.75) is 79.1 Å². The number of carbonyl (C=O) groups is 3. The van der Waals surface area contributed by atoms with Gasteiger partial charge in [0, 0.05) is 160 Å². The number of hydrogen-bond donors (Lipinski definition) is 4. The second kappa shape index (κ2) is 37.9. The molecule has 27 heteroatoms. The van der Waals surface area contributed by atoms with E-state index in [2.05, 4.69) is 99.1 Å².